The Balaban J connectivity index is 1.45. The first kappa shape index (κ1) is 26.2. The van der Waals surface area contributed by atoms with Crippen LogP contribution in [0.2, 0.25) is 10.0 Å². The molecule has 0 bridgehead atoms. The van der Waals surface area contributed by atoms with E-state index in [1.165, 1.54) is 6.20 Å². The number of aromatic nitrogens is 1. The van der Waals surface area contributed by atoms with E-state index < -0.39 is 10.0 Å². The van der Waals surface area contributed by atoms with Gasteiger partial charge in [-0.1, -0.05) is 23.2 Å². The number of amides is 1. The van der Waals surface area contributed by atoms with E-state index in [1.807, 2.05) is 18.2 Å². The monoisotopic (exact) mass is 540 g/mol. The fraction of sp³-hybridized carbons (Fsp3) is 0.500. The van der Waals surface area contributed by atoms with E-state index in [4.69, 9.17) is 27.9 Å². The second-order valence-corrected chi connectivity index (χ2v) is 11.9. The van der Waals surface area contributed by atoms with Gasteiger partial charge in [-0.25, -0.2) is 18.1 Å². The van der Waals surface area contributed by atoms with Crippen molar-refractivity contribution >= 4 is 50.6 Å². The van der Waals surface area contributed by atoms with Crippen molar-refractivity contribution in [3.8, 4) is 11.1 Å². The molecule has 190 valence electrons. The van der Waals surface area contributed by atoms with E-state index in [9.17, 15) is 13.2 Å². The highest BCUT2D eigenvalue weighted by atomic mass is 35.5. The molecule has 35 heavy (non-hydrogen) atoms. The van der Waals surface area contributed by atoms with Crippen LogP contribution in [-0.4, -0.2) is 51.4 Å². The summed E-state index contributed by atoms with van der Waals surface area (Å²) in [5, 5.41) is 7.29. The molecule has 2 unspecified atom stereocenters. The Hall–Kier alpha value is -1.91. The molecule has 1 aromatic heterocycles. The zero-order valence-corrected chi connectivity index (χ0v) is 21.8. The lowest BCUT2D eigenvalue weighted by Crippen LogP contribution is -2.32. The maximum absolute atomic E-state index is 12.8. The first-order chi connectivity index (χ1) is 16.7. The van der Waals surface area contributed by atoms with Crippen molar-refractivity contribution in [3.05, 3.63) is 40.5 Å². The first-order valence-corrected chi connectivity index (χ1v) is 14.4. The molecule has 0 radical (unpaired) electrons. The van der Waals surface area contributed by atoms with Crippen LogP contribution in [0.3, 0.4) is 0 Å². The number of anilines is 2. The van der Waals surface area contributed by atoms with Crippen molar-refractivity contribution in [1.29, 1.82) is 0 Å². The molecule has 2 atom stereocenters. The lowest BCUT2D eigenvalue weighted by molar-refractivity contribution is -0.119. The Morgan fingerprint density at radius 3 is 2.57 bits per heavy atom. The van der Waals surface area contributed by atoms with E-state index in [0.29, 0.717) is 46.6 Å². The van der Waals surface area contributed by atoms with E-state index in [0.717, 1.165) is 50.1 Å². The van der Waals surface area contributed by atoms with E-state index in [1.54, 1.807) is 6.07 Å². The molecule has 0 spiro atoms. The van der Waals surface area contributed by atoms with Crippen LogP contribution in [0.25, 0.3) is 11.1 Å². The summed E-state index contributed by atoms with van der Waals surface area (Å²) in [6, 6.07) is 7.19. The summed E-state index contributed by atoms with van der Waals surface area (Å²) in [5.74, 6) is 0.445. The van der Waals surface area contributed by atoms with E-state index in [-0.39, 0.29) is 17.9 Å². The summed E-state index contributed by atoms with van der Waals surface area (Å²) in [5.41, 5.74) is 2.34. The van der Waals surface area contributed by atoms with Crippen molar-refractivity contribution < 1.29 is 17.9 Å². The number of ether oxygens (including phenoxy) is 1. The van der Waals surface area contributed by atoms with Gasteiger partial charge in [-0.05, 0) is 62.3 Å². The van der Waals surface area contributed by atoms with Gasteiger partial charge in [0.2, 0.25) is 15.9 Å². The number of pyridine rings is 1. The quantitative estimate of drug-likeness (QED) is 0.453. The van der Waals surface area contributed by atoms with Gasteiger partial charge in [0, 0.05) is 59.8 Å². The minimum Gasteiger partial charge on any atom is -0.385 e. The number of carbonyl (C=O) groups excluding carboxylic acids is 1. The minimum atomic E-state index is -3.31. The normalized spacial score (nSPS) is 21.1. The first-order valence-electron chi connectivity index (χ1n) is 11.7. The molecule has 2 fully saturated rings. The molecule has 11 heteroatoms. The average molecular weight is 542 g/mol. The molecule has 1 aliphatic carbocycles. The number of nitrogens with zero attached hydrogens (tertiary/aromatic N) is 1. The van der Waals surface area contributed by atoms with Gasteiger partial charge in [0.15, 0.2) is 0 Å². The number of nitrogens with one attached hydrogen (secondary N) is 3. The molecule has 1 aromatic carbocycles. The Morgan fingerprint density at radius 2 is 1.83 bits per heavy atom. The number of benzene rings is 1. The third-order valence-corrected chi connectivity index (χ3v) is 7.88. The average Bonchev–Trinajstić information content (AvgIpc) is 3.27. The second-order valence-electron chi connectivity index (χ2n) is 9.27. The molecule has 1 aliphatic heterocycles. The van der Waals surface area contributed by atoms with Crippen LogP contribution in [0.15, 0.2) is 30.5 Å². The number of halogens is 2. The van der Waals surface area contributed by atoms with Crippen LogP contribution >= 0.6 is 23.2 Å². The second kappa shape index (κ2) is 11.4. The lowest BCUT2D eigenvalue weighted by atomic mass is 10.00. The number of rotatable bonds is 8. The highest BCUT2D eigenvalue weighted by Crippen LogP contribution is 2.36. The van der Waals surface area contributed by atoms with Gasteiger partial charge in [0.1, 0.15) is 5.82 Å². The molecule has 8 nitrogen and oxygen atoms in total. The molecule has 1 saturated carbocycles. The minimum absolute atomic E-state index is 0.193. The fourth-order valence-corrected chi connectivity index (χ4v) is 5.87. The van der Waals surface area contributed by atoms with Gasteiger partial charge in [-0.3, -0.25) is 4.79 Å². The molecular weight excluding hydrogens is 511 g/mol. The standard InChI is InChI=1S/C24H30Cl2N4O4S/c1-35(32,33)30-18-3-2-16(10-18)24(31)29-23-12-20(22(26)14-28-23)19-11-17(4-5-21(19)25)27-13-15-6-8-34-9-7-15/h4-5,11-12,14-16,18,27,30H,2-3,6-10,13H2,1H3,(H,28,29,31). The zero-order chi connectivity index (χ0) is 25.0. The highest BCUT2D eigenvalue weighted by molar-refractivity contribution is 7.88. The van der Waals surface area contributed by atoms with Gasteiger partial charge in [0.25, 0.3) is 0 Å². The summed E-state index contributed by atoms with van der Waals surface area (Å²) in [6.45, 7) is 2.45. The molecule has 1 amide bonds. The molecule has 1 saturated heterocycles. The summed E-state index contributed by atoms with van der Waals surface area (Å²) >= 11 is 13.0. The Labute approximate surface area is 216 Å². The number of sulfonamides is 1. The van der Waals surface area contributed by atoms with Gasteiger partial charge < -0.3 is 15.4 Å². The molecule has 2 heterocycles. The smallest absolute Gasteiger partial charge is 0.228 e. The van der Waals surface area contributed by atoms with Crippen LogP contribution in [0.5, 0.6) is 0 Å². The SMILES string of the molecule is CS(=O)(=O)NC1CCC(C(=O)Nc2cc(-c3cc(NCC4CCOCC4)ccc3Cl)c(Cl)cn2)C1. The topological polar surface area (TPSA) is 109 Å². The predicted molar refractivity (Wildman–Crippen MR) is 139 cm³/mol. The molecule has 3 N–H and O–H groups in total. The Bertz CT molecular complexity index is 1170. The van der Waals surface area contributed by atoms with Gasteiger partial charge in [0.05, 0.1) is 11.3 Å². The number of carbonyl (C=O) groups is 1. The van der Waals surface area contributed by atoms with Gasteiger partial charge >= 0.3 is 0 Å². The van der Waals surface area contributed by atoms with Crippen LogP contribution < -0.4 is 15.4 Å². The predicted octanol–water partition coefficient (Wildman–Crippen LogP) is 4.55. The lowest BCUT2D eigenvalue weighted by Gasteiger charge is -2.23. The van der Waals surface area contributed by atoms with E-state index in [2.05, 4.69) is 20.3 Å². The summed E-state index contributed by atoms with van der Waals surface area (Å²) in [7, 11) is -3.31. The third-order valence-electron chi connectivity index (χ3n) is 6.48. The van der Waals surface area contributed by atoms with Crippen molar-refractivity contribution in [2.24, 2.45) is 11.8 Å². The van der Waals surface area contributed by atoms with Gasteiger partial charge in [-0.15, -0.1) is 0 Å². The van der Waals surface area contributed by atoms with Gasteiger partial charge in [-0.2, -0.15) is 0 Å². The maximum Gasteiger partial charge on any atom is 0.228 e. The Morgan fingerprint density at radius 1 is 1.09 bits per heavy atom. The van der Waals surface area contributed by atoms with Crippen molar-refractivity contribution in [2.45, 2.75) is 38.1 Å². The van der Waals surface area contributed by atoms with Crippen LogP contribution in [0, 0.1) is 11.8 Å². The summed E-state index contributed by atoms with van der Waals surface area (Å²) in [4.78, 5) is 17.1. The maximum atomic E-state index is 12.8. The Kier molecular flexibility index (Phi) is 8.54. The largest absolute Gasteiger partial charge is 0.385 e. The molecule has 4 rings (SSSR count). The summed E-state index contributed by atoms with van der Waals surface area (Å²) in [6.07, 6.45) is 6.37. The van der Waals surface area contributed by atoms with Crippen LogP contribution in [0.1, 0.15) is 32.1 Å². The molecule has 2 aromatic rings. The third kappa shape index (κ3) is 7.30. The van der Waals surface area contributed by atoms with Crippen molar-refractivity contribution in [1.82, 2.24) is 9.71 Å². The highest BCUT2D eigenvalue weighted by Gasteiger charge is 2.31. The van der Waals surface area contributed by atoms with Crippen molar-refractivity contribution in [2.75, 3.05) is 36.6 Å². The number of hydrogen-bond donors (Lipinski definition) is 3. The van der Waals surface area contributed by atoms with Crippen LogP contribution in [0.4, 0.5) is 11.5 Å². The summed E-state index contributed by atoms with van der Waals surface area (Å²) < 4.78 is 31.0. The van der Waals surface area contributed by atoms with Crippen LogP contribution in [-0.2, 0) is 19.6 Å². The van der Waals surface area contributed by atoms with E-state index >= 15 is 0 Å². The number of hydrogen-bond acceptors (Lipinski definition) is 6. The molecular formula is C24H30Cl2N4O4S. The fourth-order valence-electron chi connectivity index (χ4n) is 4.63. The molecule has 2 aliphatic rings. The zero-order valence-electron chi connectivity index (χ0n) is 19.5. The van der Waals surface area contributed by atoms with Crippen molar-refractivity contribution in [3.63, 3.8) is 0 Å².